The average molecular weight is 433 g/mol. The predicted molar refractivity (Wildman–Crippen MR) is 121 cm³/mol. The molecule has 0 fully saturated rings. The summed E-state index contributed by atoms with van der Waals surface area (Å²) in [4.78, 5) is 30.1. The predicted octanol–water partition coefficient (Wildman–Crippen LogP) is 2.69. The van der Waals surface area contributed by atoms with Crippen molar-refractivity contribution in [3.8, 4) is 0 Å². The number of anilines is 1. The Labute approximate surface area is 186 Å². The maximum atomic E-state index is 13.0. The molecule has 0 radical (unpaired) electrons. The Bertz CT molecular complexity index is 1150. The number of benzene rings is 1. The van der Waals surface area contributed by atoms with Crippen LogP contribution in [0.5, 0.6) is 0 Å². The van der Waals surface area contributed by atoms with Gasteiger partial charge in [0.1, 0.15) is 11.9 Å². The van der Waals surface area contributed by atoms with Gasteiger partial charge in [0.25, 0.3) is 5.91 Å². The summed E-state index contributed by atoms with van der Waals surface area (Å²) in [6, 6.07) is 9.25. The van der Waals surface area contributed by atoms with Gasteiger partial charge >= 0.3 is 0 Å². The Morgan fingerprint density at radius 3 is 2.78 bits per heavy atom. The van der Waals surface area contributed by atoms with Crippen LogP contribution in [0.2, 0.25) is 0 Å². The minimum Gasteiger partial charge on any atom is -0.349 e. The van der Waals surface area contributed by atoms with Gasteiger partial charge in [-0.1, -0.05) is 36.8 Å². The zero-order valence-electron chi connectivity index (χ0n) is 18.3. The normalized spacial score (nSPS) is 18.2. The largest absolute Gasteiger partial charge is 0.349 e. The highest BCUT2D eigenvalue weighted by molar-refractivity contribution is 6.01. The van der Waals surface area contributed by atoms with Gasteiger partial charge in [0.15, 0.2) is 0 Å². The standard InChI is InChI=1S/C24H28N6O2/c1-30-18-11-7-3-6-10-16(18)21-19(30)13-12-17(23(31)27-21)25-24(32)22-26-20(28-29-22)14-15-8-4-2-5-9-15/h2,4-5,8-9,17H,3,6-7,10-14H2,1H3,(H,25,32)(H,27,31)(H,26,28,29). The van der Waals surface area contributed by atoms with Gasteiger partial charge in [0, 0.05) is 24.9 Å². The lowest BCUT2D eigenvalue weighted by Crippen LogP contribution is -2.43. The SMILES string of the molecule is Cn1c2c(c3c1CCC(NC(=O)c1n[nH]c(Cc4ccccc4)n1)C(=O)N3)CCCCC2. The summed E-state index contributed by atoms with van der Waals surface area (Å²) in [6.45, 7) is 0. The van der Waals surface area contributed by atoms with Crippen LogP contribution in [0.3, 0.4) is 0 Å². The fraction of sp³-hybridized carbons (Fsp3) is 0.417. The number of aromatic nitrogens is 4. The first kappa shape index (κ1) is 20.5. The summed E-state index contributed by atoms with van der Waals surface area (Å²) in [6.07, 6.45) is 7.46. The number of nitrogens with one attached hydrogen (secondary N) is 3. The van der Waals surface area contributed by atoms with Crippen LogP contribution >= 0.6 is 0 Å². The van der Waals surface area contributed by atoms with Crippen molar-refractivity contribution < 1.29 is 9.59 Å². The van der Waals surface area contributed by atoms with Crippen molar-refractivity contribution in [1.82, 2.24) is 25.1 Å². The molecule has 2 amide bonds. The zero-order valence-corrected chi connectivity index (χ0v) is 18.3. The van der Waals surface area contributed by atoms with Crippen LogP contribution in [-0.2, 0) is 37.5 Å². The number of hydrogen-bond donors (Lipinski definition) is 3. The van der Waals surface area contributed by atoms with E-state index < -0.39 is 11.9 Å². The molecule has 1 unspecified atom stereocenters. The van der Waals surface area contributed by atoms with E-state index in [4.69, 9.17) is 0 Å². The molecule has 2 aliphatic rings. The van der Waals surface area contributed by atoms with Gasteiger partial charge in [0.05, 0.1) is 5.69 Å². The van der Waals surface area contributed by atoms with E-state index >= 15 is 0 Å². The fourth-order valence-electron chi connectivity index (χ4n) is 4.90. The number of aromatic amines is 1. The number of amides is 2. The maximum Gasteiger partial charge on any atom is 0.291 e. The monoisotopic (exact) mass is 432 g/mol. The van der Waals surface area contributed by atoms with Crippen molar-refractivity contribution in [2.45, 2.75) is 57.4 Å². The third-order valence-corrected chi connectivity index (χ3v) is 6.58. The summed E-state index contributed by atoms with van der Waals surface area (Å²) >= 11 is 0. The Kier molecular flexibility index (Phi) is 5.51. The average Bonchev–Trinajstić information content (AvgIpc) is 3.17. The Hall–Kier alpha value is -3.42. The van der Waals surface area contributed by atoms with Crippen LogP contribution in [0.1, 0.15) is 64.6 Å². The molecule has 2 aromatic heterocycles. The van der Waals surface area contributed by atoms with E-state index in [-0.39, 0.29) is 11.7 Å². The van der Waals surface area contributed by atoms with Crippen LogP contribution in [0, 0.1) is 0 Å². The van der Waals surface area contributed by atoms with Gasteiger partial charge in [-0.15, -0.1) is 5.10 Å². The van der Waals surface area contributed by atoms with Crippen LogP contribution < -0.4 is 10.6 Å². The third-order valence-electron chi connectivity index (χ3n) is 6.58. The summed E-state index contributed by atoms with van der Waals surface area (Å²) in [5.74, 6) is 0.0569. The molecular formula is C24H28N6O2. The quantitative estimate of drug-likeness (QED) is 0.551. The smallest absolute Gasteiger partial charge is 0.291 e. The number of rotatable bonds is 4. The van der Waals surface area contributed by atoms with Crippen molar-refractivity contribution in [2.24, 2.45) is 7.05 Å². The highest BCUT2D eigenvalue weighted by Gasteiger charge is 2.31. The number of H-pyrrole nitrogens is 1. The Morgan fingerprint density at radius 1 is 1.12 bits per heavy atom. The van der Waals surface area contributed by atoms with Gasteiger partial charge in [-0.25, -0.2) is 4.98 Å². The summed E-state index contributed by atoms with van der Waals surface area (Å²) in [5, 5.41) is 12.8. The second kappa shape index (κ2) is 8.61. The highest BCUT2D eigenvalue weighted by atomic mass is 16.2. The molecule has 3 heterocycles. The molecule has 0 bridgehead atoms. The van der Waals surface area contributed by atoms with Gasteiger partial charge < -0.3 is 15.2 Å². The lowest BCUT2D eigenvalue weighted by atomic mass is 10.1. The summed E-state index contributed by atoms with van der Waals surface area (Å²) in [7, 11) is 2.09. The number of carbonyl (C=O) groups is 2. The molecule has 32 heavy (non-hydrogen) atoms. The van der Waals surface area contributed by atoms with Crippen LogP contribution in [0.15, 0.2) is 30.3 Å². The minimum atomic E-state index is -0.618. The Morgan fingerprint density at radius 2 is 1.94 bits per heavy atom. The van der Waals surface area contributed by atoms with Crippen LogP contribution in [0.25, 0.3) is 0 Å². The number of carbonyl (C=O) groups excluding carboxylic acids is 2. The van der Waals surface area contributed by atoms with Gasteiger partial charge in [-0.2, -0.15) is 0 Å². The molecule has 5 rings (SSSR count). The molecule has 8 heteroatoms. The van der Waals surface area contributed by atoms with E-state index in [9.17, 15) is 9.59 Å². The first-order chi connectivity index (χ1) is 15.6. The van der Waals surface area contributed by atoms with Crippen LogP contribution in [0.4, 0.5) is 5.69 Å². The van der Waals surface area contributed by atoms with Crippen molar-refractivity contribution >= 4 is 17.5 Å². The molecule has 0 spiro atoms. The number of hydrogen-bond acceptors (Lipinski definition) is 4. The van der Waals surface area contributed by atoms with Gasteiger partial charge in [-0.05, 0) is 49.7 Å². The van der Waals surface area contributed by atoms with Crippen molar-refractivity contribution in [3.63, 3.8) is 0 Å². The van der Waals surface area contributed by atoms with Crippen molar-refractivity contribution in [3.05, 3.63) is 64.5 Å². The molecule has 1 aliphatic carbocycles. The minimum absolute atomic E-state index is 0.0550. The van der Waals surface area contributed by atoms with E-state index in [1.54, 1.807) is 0 Å². The lowest BCUT2D eigenvalue weighted by molar-refractivity contribution is -0.118. The van der Waals surface area contributed by atoms with Crippen molar-refractivity contribution in [1.29, 1.82) is 0 Å². The van der Waals surface area contributed by atoms with Gasteiger partial charge in [-0.3, -0.25) is 14.7 Å². The molecule has 8 nitrogen and oxygen atoms in total. The zero-order chi connectivity index (χ0) is 22.1. The molecule has 166 valence electrons. The molecule has 0 saturated heterocycles. The van der Waals surface area contributed by atoms with E-state index in [0.717, 1.165) is 42.6 Å². The van der Waals surface area contributed by atoms with Crippen LogP contribution in [-0.4, -0.2) is 37.6 Å². The Balaban J connectivity index is 1.28. The molecule has 1 aromatic carbocycles. The second-order valence-corrected chi connectivity index (χ2v) is 8.69. The molecule has 3 N–H and O–H groups in total. The van der Waals surface area contributed by atoms with E-state index in [1.165, 1.54) is 24.1 Å². The van der Waals surface area contributed by atoms with E-state index in [2.05, 4.69) is 37.4 Å². The topological polar surface area (TPSA) is 105 Å². The van der Waals surface area contributed by atoms with E-state index in [1.807, 2.05) is 30.3 Å². The maximum absolute atomic E-state index is 13.0. The lowest BCUT2D eigenvalue weighted by Gasteiger charge is -2.15. The summed E-state index contributed by atoms with van der Waals surface area (Å²) in [5.41, 5.74) is 5.83. The molecular weight excluding hydrogens is 404 g/mol. The first-order valence-corrected chi connectivity index (χ1v) is 11.4. The molecule has 0 saturated carbocycles. The number of nitrogens with zero attached hydrogens (tertiary/aromatic N) is 3. The summed E-state index contributed by atoms with van der Waals surface area (Å²) < 4.78 is 2.26. The third kappa shape index (κ3) is 3.92. The highest BCUT2D eigenvalue weighted by Crippen LogP contribution is 2.35. The molecule has 3 aromatic rings. The fourth-order valence-corrected chi connectivity index (χ4v) is 4.90. The molecule has 1 atom stereocenters. The van der Waals surface area contributed by atoms with Crippen molar-refractivity contribution in [2.75, 3.05) is 5.32 Å². The van der Waals surface area contributed by atoms with Gasteiger partial charge in [0.2, 0.25) is 11.7 Å². The van der Waals surface area contributed by atoms with E-state index in [0.29, 0.717) is 18.7 Å². The first-order valence-electron chi connectivity index (χ1n) is 11.4. The number of fused-ring (bicyclic) bond motifs is 3. The second-order valence-electron chi connectivity index (χ2n) is 8.69. The molecule has 1 aliphatic heterocycles.